The summed E-state index contributed by atoms with van der Waals surface area (Å²) in [6.07, 6.45) is -1.60. The van der Waals surface area contributed by atoms with Crippen molar-refractivity contribution in [1.29, 1.82) is 0 Å². The minimum absolute atomic E-state index is 0.124. The average molecular weight is 298 g/mol. The Balaban J connectivity index is 2.23. The Kier molecular flexibility index (Phi) is 3.88. The van der Waals surface area contributed by atoms with Crippen molar-refractivity contribution in [3.8, 4) is 0 Å². The molecular weight excluding hydrogens is 285 g/mol. The zero-order chi connectivity index (χ0) is 15.6. The van der Waals surface area contributed by atoms with Crippen molar-refractivity contribution in [2.45, 2.75) is 19.6 Å². The van der Waals surface area contributed by atoms with E-state index in [0.29, 0.717) is 12.2 Å². The topological polar surface area (TPSA) is 72.9 Å². The molecule has 5 nitrogen and oxygen atoms in total. The molecule has 112 valence electrons. The first-order valence-corrected chi connectivity index (χ1v) is 6.11. The van der Waals surface area contributed by atoms with Crippen molar-refractivity contribution in [3.63, 3.8) is 0 Å². The summed E-state index contributed by atoms with van der Waals surface area (Å²) in [6, 6.07) is 3.03. The summed E-state index contributed by atoms with van der Waals surface area (Å²) in [5, 5.41) is 6.43. The fourth-order valence-corrected chi connectivity index (χ4v) is 1.75. The number of benzene rings is 1. The summed E-state index contributed by atoms with van der Waals surface area (Å²) < 4.78 is 39.8. The number of carbonyl (C=O) groups excluding carboxylic acids is 1. The molecule has 8 heteroatoms. The van der Waals surface area contributed by atoms with E-state index in [0.717, 1.165) is 12.1 Å². The number of aromatic nitrogens is 2. The molecule has 1 aromatic carbocycles. The van der Waals surface area contributed by atoms with E-state index in [1.807, 2.05) is 6.92 Å². The van der Waals surface area contributed by atoms with Crippen LogP contribution in [0.25, 0.3) is 0 Å². The van der Waals surface area contributed by atoms with Crippen molar-refractivity contribution in [2.75, 3.05) is 11.1 Å². The quantitative estimate of drug-likeness (QED) is 0.856. The zero-order valence-electron chi connectivity index (χ0n) is 11.1. The van der Waals surface area contributed by atoms with Gasteiger partial charge >= 0.3 is 6.18 Å². The Morgan fingerprint density at radius 3 is 2.71 bits per heavy atom. The number of aryl methyl sites for hydroxylation is 1. The van der Waals surface area contributed by atoms with Crippen LogP contribution in [0.5, 0.6) is 0 Å². The third-order valence-electron chi connectivity index (χ3n) is 2.84. The Morgan fingerprint density at radius 1 is 1.43 bits per heavy atom. The number of carbonyl (C=O) groups is 1. The van der Waals surface area contributed by atoms with Gasteiger partial charge in [0.1, 0.15) is 0 Å². The Morgan fingerprint density at radius 2 is 2.14 bits per heavy atom. The molecule has 3 N–H and O–H groups in total. The van der Waals surface area contributed by atoms with Gasteiger partial charge in [-0.15, -0.1) is 0 Å². The van der Waals surface area contributed by atoms with E-state index >= 15 is 0 Å². The van der Waals surface area contributed by atoms with E-state index in [4.69, 9.17) is 5.73 Å². The van der Waals surface area contributed by atoms with Crippen LogP contribution in [0.15, 0.2) is 30.6 Å². The number of hydrogen-bond donors (Lipinski definition) is 2. The number of nitrogen functional groups attached to an aromatic ring is 1. The molecule has 21 heavy (non-hydrogen) atoms. The number of rotatable bonds is 3. The Bertz CT molecular complexity index is 664. The van der Waals surface area contributed by atoms with Gasteiger partial charge in [0.25, 0.3) is 5.91 Å². The van der Waals surface area contributed by atoms with Crippen molar-refractivity contribution in [1.82, 2.24) is 9.78 Å². The van der Waals surface area contributed by atoms with Gasteiger partial charge in [-0.1, -0.05) is 0 Å². The van der Waals surface area contributed by atoms with Crippen LogP contribution in [0, 0.1) is 0 Å². The maximum atomic E-state index is 12.7. The highest BCUT2D eigenvalue weighted by atomic mass is 19.4. The summed E-state index contributed by atoms with van der Waals surface area (Å²) >= 11 is 0. The largest absolute Gasteiger partial charge is 0.418 e. The second-order valence-corrected chi connectivity index (χ2v) is 4.34. The highest BCUT2D eigenvalue weighted by Crippen LogP contribution is 2.34. The molecule has 0 unspecified atom stereocenters. The molecule has 0 aliphatic rings. The van der Waals surface area contributed by atoms with E-state index in [-0.39, 0.29) is 5.56 Å². The normalized spacial score (nSPS) is 11.4. The Labute approximate surface area is 118 Å². The zero-order valence-corrected chi connectivity index (χ0v) is 11.1. The first-order chi connectivity index (χ1) is 9.81. The second kappa shape index (κ2) is 5.47. The minimum Gasteiger partial charge on any atom is -0.398 e. The summed E-state index contributed by atoms with van der Waals surface area (Å²) in [5.41, 5.74) is 4.12. The lowest BCUT2D eigenvalue weighted by molar-refractivity contribution is -0.136. The van der Waals surface area contributed by atoms with E-state index in [1.54, 1.807) is 10.9 Å². The lowest BCUT2D eigenvalue weighted by Crippen LogP contribution is -2.15. The maximum Gasteiger partial charge on any atom is 0.418 e. The van der Waals surface area contributed by atoms with E-state index in [1.165, 1.54) is 12.3 Å². The highest BCUT2D eigenvalue weighted by molar-refractivity contribution is 6.04. The van der Waals surface area contributed by atoms with Gasteiger partial charge < -0.3 is 11.1 Å². The van der Waals surface area contributed by atoms with Crippen LogP contribution >= 0.6 is 0 Å². The molecule has 0 saturated carbocycles. The molecule has 0 fully saturated rings. The van der Waals surface area contributed by atoms with Gasteiger partial charge in [0.2, 0.25) is 0 Å². The molecule has 0 spiro atoms. The van der Waals surface area contributed by atoms with E-state index < -0.39 is 23.3 Å². The molecule has 2 rings (SSSR count). The molecule has 2 aromatic rings. The molecule has 1 heterocycles. The predicted molar refractivity (Wildman–Crippen MR) is 71.7 cm³/mol. The number of nitrogens with two attached hydrogens (primary N) is 1. The first kappa shape index (κ1) is 14.9. The number of amides is 1. The third kappa shape index (κ3) is 3.33. The van der Waals surface area contributed by atoms with Gasteiger partial charge in [-0.2, -0.15) is 18.3 Å². The number of hydrogen-bond acceptors (Lipinski definition) is 3. The lowest BCUT2D eigenvalue weighted by atomic mass is 10.1. The van der Waals surface area contributed by atoms with Crippen LogP contribution in [-0.2, 0) is 12.7 Å². The van der Waals surface area contributed by atoms with E-state index in [9.17, 15) is 18.0 Å². The average Bonchev–Trinajstić information content (AvgIpc) is 2.85. The molecule has 1 aromatic heterocycles. The van der Waals surface area contributed by atoms with Crippen molar-refractivity contribution < 1.29 is 18.0 Å². The van der Waals surface area contributed by atoms with Crippen LogP contribution in [0.2, 0.25) is 0 Å². The van der Waals surface area contributed by atoms with E-state index in [2.05, 4.69) is 10.4 Å². The standard InChI is InChI=1S/C13H13F3N4O/c1-2-20-7-9(6-18-20)19-12(21)8-3-4-11(17)10(5-8)13(14,15)16/h3-7H,2,17H2,1H3,(H,19,21). The minimum atomic E-state index is -4.60. The molecule has 0 aliphatic heterocycles. The number of halogens is 3. The molecule has 0 bridgehead atoms. The van der Waals surface area contributed by atoms with Crippen LogP contribution < -0.4 is 11.1 Å². The molecule has 0 saturated heterocycles. The van der Waals surface area contributed by atoms with Gasteiger partial charge in [0.15, 0.2) is 0 Å². The van der Waals surface area contributed by atoms with Crippen LogP contribution in [0.3, 0.4) is 0 Å². The number of anilines is 2. The van der Waals surface area contributed by atoms with Crippen molar-refractivity contribution in [2.24, 2.45) is 0 Å². The van der Waals surface area contributed by atoms with Crippen LogP contribution in [0.1, 0.15) is 22.8 Å². The molecule has 1 amide bonds. The van der Waals surface area contributed by atoms with Crippen LogP contribution in [-0.4, -0.2) is 15.7 Å². The molecule has 0 aliphatic carbocycles. The van der Waals surface area contributed by atoms with Gasteiger partial charge in [-0.05, 0) is 25.1 Å². The maximum absolute atomic E-state index is 12.7. The summed E-state index contributed by atoms with van der Waals surface area (Å²) in [7, 11) is 0. The highest BCUT2D eigenvalue weighted by Gasteiger charge is 2.33. The fourth-order valence-electron chi connectivity index (χ4n) is 1.75. The van der Waals surface area contributed by atoms with Gasteiger partial charge in [-0.25, -0.2) is 0 Å². The van der Waals surface area contributed by atoms with Gasteiger partial charge in [-0.3, -0.25) is 9.48 Å². The summed E-state index contributed by atoms with van der Waals surface area (Å²) in [5.74, 6) is -0.656. The third-order valence-corrected chi connectivity index (χ3v) is 2.84. The smallest absolute Gasteiger partial charge is 0.398 e. The molecule has 0 atom stereocenters. The van der Waals surface area contributed by atoms with Crippen molar-refractivity contribution in [3.05, 3.63) is 41.7 Å². The van der Waals surface area contributed by atoms with Crippen molar-refractivity contribution >= 4 is 17.3 Å². The molecule has 0 radical (unpaired) electrons. The fraction of sp³-hybridized carbons (Fsp3) is 0.231. The number of nitrogens with zero attached hydrogens (tertiary/aromatic N) is 2. The monoisotopic (exact) mass is 298 g/mol. The first-order valence-electron chi connectivity index (χ1n) is 6.11. The SMILES string of the molecule is CCn1cc(NC(=O)c2ccc(N)c(C(F)(F)F)c2)cn1. The summed E-state index contributed by atoms with van der Waals surface area (Å²) in [6.45, 7) is 2.49. The Hall–Kier alpha value is -2.51. The van der Waals surface area contributed by atoms with Gasteiger partial charge in [0, 0.05) is 24.0 Å². The number of nitrogens with one attached hydrogen (secondary N) is 1. The number of alkyl halides is 3. The molecular formula is C13H13F3N4O. The summed E-state index contributed by atoms with van der Waals surface area (Å²) in [4.78, 5) is 11.9. The lowest BCUT2D eigenvalue weighted by Gasteiger charge is -2.11. The predicted octanol–water partition coefficient (Wildman–Crippen LogP) is 2.76. The van der Waals surface area contributed by atoms with Crippen LogP contribution in [0.4, 0.5) is 24.5 Å². The van der Waals surface area contributed by atoms with Gasteiger partial charge in [0.05, 0.1) is 17.4 Å². The second-order valence-electron chi connectivity index (χ2n) is 4.34.